The highest BCUT2D eigenvalue weighted by molar-refractivity contribution is 5.89. The molecule has 0 bridgehead atoms. The van der Waals surface area contributed by atoms with E-state index in [1.165, 1.54) is 16.7 Å². The molecule has 4 heteroatoms. The van der Waals surface area contributed by atoms with Crippen molar-refractivity contribution in [1.29, 1.82) is 0 Å². The maximum absolute atomic E-state index is 11.8. The standard InChI is InChI=1S/C29H33NO3/c1-2-32-29(31)27-15-13-23(14-16-27)21-30-19-17-24(18-20-30)22-33-28(25-9-5-3-6-10-25)26-11-7-4-8-12-26/h3-16,24,28H,2,17-22H2,1H3. The summed E-state index contributed by atoms with van der Waals surface area (Å²) in [7, 11) is 0. The van der Waals surface area contributed by atoms with Gasteiger partial charge in [-0.3, -0.25) is 4.90 Å². The van der Waals surface area contributed by atoms with E-state index in [4.69, 9.17) is 9.47 Å². The molecule has 1 fully saturated rings. The first-order chi connectivity index (χ1) is 16.2. The van der Waals surface area contributed by atoms with Gasteiger partial charge in [-0.2, -0.15) is 0 Å². The molecule has 0 radical (unpaired) electrons. The van der Waals surface area contributed by atoms with Gasteiger partial charge in [0.05, 0.1) is 18.8 Å². The van der Waals surface area contributed by atoms with Gasteiger partial charge in [0, 0.05) is 6.54 Å². The Bertz CT molecular complexity index is 941. The summed E-state index contributed by atoms with van der Waals surface area (Å²) in [5.41, 5.74) is 4.24. The molecule has 0 aromatic heterocycles. The van der Waals surface area contributed by atoms with E-state index in [0.29, 0.717) is 18.1 Å². The number of nitrogens with zero attached hydrogens (tertiary/aromatic N) is 1. The second-order valence-corrected chi connectivity index (χ2v) is 8.67. The topological polar surface area (TPSA) is 38.8 Å². The summed E-state index contributed by atoms with van der Waals surface area (Å²) in [6.45, 7) is 6.04. The second kappa shape index (κ2) is 11.8. The Kier molecular flexibility index (Phi) is 8.29. The minimum atomic E-state index is -0.255. The fourth-order valence-corrected chi connectivity index (χ4v) is 4.40. The predicted molar refractivity (Wildman–Crippen MR) is 131 cm³/mol. The van der Waals surface area contributed by atoms with Crippen LogP contribution in [-0.2, 0) is 16.0 Å². The highest BCUT2D eigenvalue weighted by atomic mass is 16.5. The molecule has 0 atom stereocenters. The lowest BCUT2D eigenvalue weighted by atomic mass is 9.96. The summed E-state index contributed by atoms with van der Waals surface area (Å²) in [4.78, 5) is 14.3. The molecule has 1 heterocycles. The van der Waals surface area contributed by atoms with Gasteiger partial charge in [-0.25, -0.2) is 4.79 Å². The third kappa shape index (κ3) is 6.53. The minimum Gasteiger partial charge on any atom is -0.462 e. The van der Waals surface area contributed by atoms with Gasteiger partial charge in [0.2, 0.25) is 0 Å². The molecule has 0 amide bonds. The van der Waals surface area contributed by atoms with Gasteiger partial charge in [-0.15, -0.1) is 0 Å². The van der Waals surface area contributed by atoms with Crippen LogP contribution in [0, 0.1) is 5.92 Å². The number of esters is 1. The number of benzene rings is 3. The lowest BCUT2D eigenvalue weighted by molar-refractivity contribution is 0.0300. The van der Waals surface area contributed by atoms with Crippen LogP contribution in [0.3, 0.4) is 0 Å². The normalized spacial score (nSPS) is 15.0. The van der Waals surface area contributed by atoms with Crippen molar-refractivity contribution in [3.05, 3.63) is 107 Å². The average molecular weight is 444 g/mol. The third-order valence-corrected chi connectivity index (χ3v) is 6.28. The van der Waals surface area contributed by atoms with Gasteiger partial charge in [0.1, 0.15) is 6.10 Å². The first-order valence-electron chi connectivity index (χ1n) is 11.9. The molecule has 3 aromatic carbocycles. The molecule has 0 spiro atoms. The smallest absolute Gasteiger partial charge is 0.338 e. The largest absolute Gasteiger partial charge is 0.462 e. The van der Waals surface area contributed by atoms with E-state index in [2.05, 4.69) is 53.4 Å². The quantitative estimate of drug-likeness (QED) is 0.387. The molecule has 172 valence electrons. The van der Waals surface area contributed by atoms with Crippen LogP contribution in [0.2, 0.25) is 0 Å². The van der Waals surface area contributed by atoms with Gasteiger partial charge < -0.3 is 9.47 Å². The van der Waals surface area contributed by atoms with Crippen molar-refractivity contribution >= 4 is 5.97 Å². The Morgan fingerprint density at radius 3 is 2.00 bits per heavy atom. The summed E-state index contributed by atoms with van der Waals surface area (Å²) < 4.78 is 11.6. The van der Waals surface area contributed by atoms with Gasteiger partial charge in [0.15, 0.2) is 0 Å². The Morgan fingerprint density at radius 2 is 1.45 bits per heavy atom. The third-order valence-electron chi connectivity index (χ3n) is 6.28. The van der Waals surface area contributed by atoms with Gasteiger partial charge in [-0.1, -0.05) is 72.8 Å². The first-order valence-corrected chi connectivity index (χ1v) is 11.9. The molecule has 1 aliphatic rings. The fourth-order valence-electron chi connectivity index (χ4n) is 4.40. The van der Waals surface area contributed by atoms with Crippen LogP contribution in [0.25, 0.3) is 0 Å². The zero-order chi connectivity index (χ0) is 22.9. The van der Waals surface area contributed by atoms with Crippen LogP contribution in [0.1, 0.15) is 52.9 Å². The van der Waals surface area contributed by atoms with Gasteiger partial charge in [0.25, 0.3) is 0 Å². The Morgan fingerprint density at radius 1 is 0.879 bits per heavy atom. The molecule has 1 aliphatic heterocycles. The molecule has 0 N–H and O–H groups in total. The molecule has 0 unspecified atom stereocenters. The van der Waals surface area contributed by atoms with E-state index in [1.807, 2.05) is 43.3 Å². The maximum atomic E-state index is 11.8. The maximum Gasteiger partial charge on any atom is 0.338 e. The van der Waals surface area contributed by atoms with Crippen LogP contribution in [0.15, 0.2) is 84.9 Å². The predicted octanol–water partition coefficient (Wildman–Crippen LogP) is 5.88. The van der Waals surface area contributed by atoms with Crippen molar-refractivity contribution in [2.24, 2.45) is 5.92 Å². The zero-order valence-electron chi connectivity index (χ0n) is 19.4. The highest BCUT2D eigenvalue weighted by Crippen LogP contribution is 2.28. The molecular formula is C29H33NO3. The SMILES string of the molecule is CCOC(=O)c1ccc(CN2CCC(COC(c3ccccc3)c3ccccc3)CC2)cc1. The summed E-state index contributed by atoms with van der Waals surface area (Å²) in [5.74, 6) is 0.316. The van der Waals surface area contributed by atoms with E-state index < -0.39 is 0 Å². The number of piperidine rings is 1. The van der Waals surface area contributed by atoms with Crippen LogP contribution in [-0.4, -0.2) is 37.2 Å². The van der Waals surface area contributed by atoms with E-state index in [1.54, 1.807) is 0 Å². The van der Waals surface area contributed by atoms with Crippen LogP contribution in [0.5, 0.6) is 0 Å². The lowest BCUT2D eigenvalue weighted by Crippen LogP contribution is -2.34. The van der Waals surface area contributed by atoms with Crippen molar-refractivity contribution in [2.75, 3.05) is 26.3 Å². The monoisotopic (exact) mass is 443 g/mol. The van der Waals surface area contributed by atoms with Crippen LogP contribution < -0.4 is 0 Å². The number of carbonyl (C=O) groups excluding carboxylic acids is 1. The Hall–Kier alpha value is -2.95. The highest BCUT2D eigenvalue weighted by Gasteiger charge is 2.22. The summed E-state index contributed by atoms with van der Waals surface area (Å²) in [6, 6.07) is 28.8. The molecule has 33 heavy (non-hydrogen) atoms. The van der Waals surface area contributed by atoms with Gasteiger partial charge >= 0.3 is 5.97 Å². The number of ether oxygens (including phenoxy) is 2. The van der Waals surface area contributed by atoms with Gasteiger partial charge in [-0.05, 0) is 67.6 Å². The molecule has 0 aliphatic carbocycles. The van der Waals surface area contributed by atoms with Crippen molar-refractivity contribution in [3.63, 3.8) is 0 Å². The first kappa shape index (κ1) is 23.2. The van der Waals surface area contributed by atoms with Crippen LogP contribution >= 0.6 is 0 Å². The molecular weight excluding hydrogens is 410 g/mol. The van der Waals surface area contributed by atoms with Crippen molar-refractivity contribution in [3.8, 4) is 0 Å². The number of carbonyl (C=O) groups is 1. The number of hydrogen-bond donors (Lipinski definition) is 0. The number of likely N-dealkylation sites (tertiary alicyclic amines) is 1. The lowest BCUT2D eigenvalue weighted by Gasteiger charge is -2.32. The Labute approximate surface area is 197 Å². The average Bonchev–Trinajstić information content (AvgIpc) is 2.87. The second-order valence-electron chi connectivity index (χ2n) is 8.67. The summed E-state index contributed by atoms with van der Waals surface area (Å²) in [5, 5.41) is 0. The van der Waals surface area contributed by atoms with E-state index in [0.717, 1.165) is 39.1 Å². The van der Waals surface area contributed by atoms with E-state index in [9.17, 15) is 4.79 Å². The van der Waals surface area contributed by atoms with Crippen LogP contribution in [0.4, 0.5) is 0 Å². The molecule has 3 aromatic rings. The van der Waals surface area contributed by atoms with Crippen molar-refractivity contribution in [1.82, 2.24) is 4.90 Å². The van der Waals surface area contributed by atoms with E-state index >= 15 is 0 Å². The summed E-state index contributed by atoms with van der Waals surface area (Å²) >= 11 is 0. The van der Waals surface area contributed by atoms with E-state index in [-0.39, 0.29) is 12.1 Å². The number of hydrogen-bond acceptors (Lipinski definition) is 4. The molecule has 0 saturated carbocycles. The molecule has 4 rings (SSSR count). The number of rotatable bonds is 9. The molecule has 1 saturated heterocycles. The summed E-state index contributed by atoms with van der Waals surface area (Å²) in [6.07, 6.45) is 2.25. The zero-order valence-corrected chi connectivity index (χ0v) is 19.4. The fraction of sp³-hybridized carbons (Fsp3) is 0.345. The molecule has 4 nitrogen and oxygen atoms in total. The van der Waals surface area contributed by atoms with Crippen molar-refractivity contribution < 1.29 is 14.3 Å². The van der Waals surface area contributed by atoms with Crippen molar-refractivity contribution in [2.45, 2.75) is 32.4 Å². The minimum absolute atomic E-state index is 0.0247. The Balaban J connectivity index is 1.28.